The quantitative estimate of drug-likeness (QED) is 0.384. The Bertz CT molecular complexity index is 329. The highest BCUT2D eigenvalue weighted by Crippen LogP contribution is 2.03. The summed E-state index contributed by atoms with van der Waals surface area (Å²) in [4.78, 5) is 10.3. The van der Waals surface area contributed by atoms with Crippen LogP contribution in [0.2, 0.25) is 0 Å². The average molecular weight is 294 g/mol. The topological polar surface area (TPSA) is 57.5 Å². The maximum atomic E-state index is 10.3. The van der Waals surface area contributed by atoms with Crippen molar-refractivity contribution < 1.29 is 15.0 Å². The smallest absolute Gasteiger partial charge is 0.303 e. The standard InChI is InChI=1S/C18H30O3/c1-2-3-4-8-11-14-17(19)15-12-9-6-5-7-10-13-16-18(20)21/h5-6,11-12,14-15,17,19H,2-4,7-10,13,16H2,1H3,(H,20,21)/b6-5-,14-11-,15-12-. The summed E-state index contributed by atoms with van der Waals surface area (Å²) in [6.45, 7) is 2.18. The molecule has 21 heavy (non-hydrogen) atoms. The first-order chi connectivity index (χ1) is 10.2. The van der Waals surface area contributed by atoms with Crippen LogP contribution in [0.3, 0.4) is 0 Å². The molecule has 0 saturated carbocycles. The highest BCUT2D eigenvalue weighted by atomic mass is 16.4. The number of allylic oxidation sites excluding steroid dienone is 4. The first-order valence-corrected chi connectivity index (χ1v) is 8.05. The first-order valence-electron chi connectivity index (χ1n) is 8.05. The predicted octanol–water partition coefficient (Wildman–Crippen LogP) is 4.63. The van der Waals surface area contributed by atoms with Gasteiger partial charge in [0, 0.05) is 6.42 Å². The van der Waals surface area contributed by atoms with Crippen molar-refractivity contribution in [2.45, 2.75) is 70.8 Å². The van der Waals surface area contributed by atoms with Crippen molar-refractivity contribution in [3.63, 3.8) is 0 Å². The van der Waals surface area contributed by atoms with Gasteiger partial charge in [-0.05, 0) is 38.5 Å². The molecule has 0 rings (SSSR count). The van der Waals surface area contributed by atoms with Crippen molar-refractivity contribution >= 4 is 5.97 Å². The molecule has 0 aliphatic heterocycles. The molecular formula is C18H30O3. The largest absolute Gasteiger partial charge is 0.481 e. The Labute approximate surface area is 129 Å². The minimum Gasteiger partial charge on any atom is -0.481 e. The van der Waals surface area contributed by atoms with Gasteiger partial charge in [-0.15, -0.1) is 0 Å². The zero-order valence-electron chi connectivity index (χ0n) is 13.2. The number of aliphatic hydroxyl groups is 1. The van der Waals surface area contributed by atoms with Crippen LogP contribution in [0.4, 0.5) is 0 Å². The molecule has 0 aliphatic rings. The Kier molecular flexibility index (Phi) is 14.1. The third kappa shape index (κ3) is 16.6. The van der Waals surface area contributed by atoms with Gasteiger partial charge in [0.25, 0.3) is 0 Å². The molecule has 0 radical (unpaired) electrons. The molecule has 1 atom stereocenters. The van der Waals surface area contributed by atoms with E-state index in [1.807, 2.05) is 18.2 Å². The molecule has 1 unspecified atom stereocenters. The van der Waals surface area contributed by atoms with E-state index in [-0.39, 0.29) is 6.42 Å². The molecule has 0 heterocycles. The average Bonchev–Trinajstić information content (AvgIpc) is 2.45. The molecule has 3 nitrogen and oxygen atoms in total. The van der Waals surface area contributed by atoms with Crippen LogP contribution in [0.5, 0.6) is 0 Å². The lowest BCUT2D eigenvalue weighted by Gasteiger charge is -1.97. The molecule has 0 aromatic heterocycles. The Morgan fingerprint density at radius 1 is 0.952 bits per heavy atom. The van der Waals surface area contributed by atoms with Crippen molar-refractivity contribution in [3.8, 4) is 0 Å². The molecule has 0 aromatic carbocycles. The second-order valence-electron chi connectivity index (χ2n) is 5.19. The van der Waals surface area contributed by atoms with Crippen molar-refractivity contribution in [1.29, 1.82) is 0 Å². The van der Waals surface area contributed by atoms with E-state index in [1.54, 1.807) is 6.08 Å². The third-order valence-electron chi connectivity index (χ3n) is 3.09. The van der Waals surface area contributed by atoms with Gasteiger partial charge in [0.15, 0.2) is 0 Å². The van der Waals surface area contributed by atoms with Gasteiger partial charge < -0.3 is 10.2 Å². The maximum absolute atomic E-state index is 10.3. The molecule has 0 bridgehead atoms. The van der Waals surface area contributed by atoms with Crippen LogP contribution >= 0.6 is 0 Å². The number of unbranched alkanes of at least 4 members (excludes halogenated alkanes) is 5. The molecule has 0 amide bonds. The van der Waals surface area contributed by atoms with E-state index in [4.69, 9.17) is 5.11 Å². The zero-order chi connectivity index (χ0) is 15.8. The van der Waals surface area contributed by atoms with Gasteiger partial charge in [-0.2, -0.15) is 0 Å². The van der Waals surface area contributed by atoms with Crippen LogP contribution in [0.15, 0.2) is 36.5 Å². The van der Waals surface area contributed by atoms with Gasteiger partial charge in [-0.25, -0.2) is 0 Å². The monoisotopic (exact) mass is 294 g/mol. The van der Waals surface area contributed by atoms with E-state index in [0.29, 0.717) is 0 Å². The van der Waals surface area contributed by atoms with Crippen LogP contribution in [-0.4, -0.2) is 22.3 Å². The molecule has 2 N–H and O–H groups in total. The molecule has 0 aromatic rings. The highest BCUT2D eigenvalue weighted by Gasteiger charge is 1.94. The van der Waals surface area contributed by atoms with Crippen molar-refractivity contribution in [3.05, 3.63) is 36.5 Å². The Balaban J connectivity index is 3.54. The van der Waals surface area contributed by atoms with Crippen molar-refractivity contribution in [1.82, 2.24) is 0 Å². The number of carboxylic acid groups (broad SMARTS) is 1. The number of aliphatic carboxylic acids is 1. The van der Waals surface area contributed by atoms with Crippen LogP contribution in [0, 0.1) is 0 Å². The summed E-state index contributed by atoms with van der Waals surface area (Å²) in [5, 5.41) is 18.2. The third-order valence-corrected chi connectivity index (χ3v) is 3.09. The summed E-state index contributed by atoms with van der Waals surface area (Å²) in [6.07, 6.45) is 19.6. The van der Waals surface area contributed by atoms with Crippen LogP contribution in [-0.2, 0) is 4.79 Å². The van der Waals surface area contributed by atoms with E-state index in [1.165, 1.54) is 19.3 Å². The molecule has 120 valence electrons. The van der Waals surface area contributed by atoms with Gasteiger partial charge in [0.1, 0.15) is 0 Å². The van der Waals surface area contributed by atoms with Gasteiger partial charge in [-0.3, -0.25) is 4.79 Å². The molecule has 0 aliphatic carbocycles. The molecule has 0 fully saturated rings. The van der Waals surface area contributed by atoms with Crippen LogP contribution in [0.25, 0.3) is 0 Å². The number of hydrogen-bond acceptors (Lipinski definition) is 2. The number of rotatable bonds is 13. The number of carboxylic acids is 1. The van der Waals surface area contributed by atoms with Gasteiger partial charge >= 0.3 is 5.97 Å². The summed E-state index contributed by atoms with van der Waals surface area (Å²) < 4.78 is 0. The number of carbonyl (C=O) groups is 1. The fraction of sp³-hybridized carbons (Fsp3) is 0.611. The Morgan fingerprint density at radius 2 is 1.62 bits per heavy atom. The zero-order valence-corrected chi connectivity index (χ0v) is 13.2. The Hall–Kier alpha value is -1.35. The highest BCUT2D eigenvalue weighted by molar-refractivity contribution is 5.66. The van der Waals surface area contributed by atoms with Crippen LogP contribution < -0.4 is 0 Å². The van der Waals surface area contributed by atoms with E-state index in [2.05, 4.69) is 19.1 Å². The summed E-state index contributed by atoms with van der Waals surface area (Å²) in [5.41, 5.74) is 0. The first kappa shape index (κ1) is 19.7. The van der Waals surface area contributed by atoms with Gasteiger partial charge in [0.05, 0.1) is 6.10 Å². The number of hydrogen-bond donors (Lipinski definition) is 2. The van der Waals surface area contributed by atoms with Gasteiger partial charge in [0.2, 0.25) is 0 Å². The minimum absolute atomic E-state index is 0.254. The lowest BCUT2D eigenvalue weighted by molar-refractivity contribution is -0.137. The lowest BCUT2D eigenvalue weighted by Crippen LogP contribution is -1.95. The summed E-state index contributed by atoms with van der Waals surface area (Å²) in [5.74, 6) is -0.723. The molecule has 0 saturated heterocycles. The normalized spacial score (nSPS) is 13.6. The van der Waals surface area contributed by atoms with Gasteiger partial charge in [-0.1, -0.05) is 56.2 Å². The van der Waals surface area contributed by atoms with E-state index < -0.39 is 12.1 Å². The minimum atomic E-state index is -0.723. The van der Waals surface area contributed by atoms with Crippen LogP contribution in [0.1, 0.15) is 64.7 Å². The van der Waals surface area contributed by atoms with Crippen molar-refractivity contribution in [2.75, 3.05) is 0 Å². The fourth-order valence-electron chi connectivity index (χ4n) is 1.86. The predicted molar refractivity (Wildman–Crippen MR) is 88.3 cm³/mol. The lowest BCUT2D eigenvalue weighted by atomic mass is 10.1. The van der Waals surface area contributed by atoms with E-state index in [9.17, 15) is 9.90 Å². The molecule has 3 heteroatoms. The van der Waals surface area contributed by atoms with Crippen molar-refractivity contribution in [2.24, 2.45) is 0 Å². The summed E-state index contributed by atoms with van der Waals surface area (Å²) in [6, 6.07) is 0. The second kappa shape index (κ2) is 15.0. The molecular weight excluding hydrogens is 264 g/mol. The maximum Gasteiger partial charge on any atom is 0.303 e. The number of aliphatic hydroxyl groups excluding tert-OH is 1. The SMILES string of the molecule is CCCCC/C=C\C(O)/C=C\C/C=C\CCCCC(=O)O. The van der Waals surface area contributed by atoms with E-state index in [0.717, 1.165) is 32.1 Å². The van der Waals surface area contributed by atoms with E-state index >= 15 is 0 Å². The fourth-order valence-corrected chi connectivity index (χ4v) is 1.86. The summed E-state index contributed by atoms with van der Waals surface area (Å²) in [7, 11) is 0. The molecule has 0 spiro atoms. The Morgan fingerprint density at radius 3 is 2.33 bits per heavy atom. The second-order valence-corrected chi connectivity index (χ2v) is 5.19. The summed E-state index contributed by atoms with van der Waals surface area (Å²) >= 11 is 0.